The molecule has 1 rings (SSSR count). The Morgan fingerprint density at radius 1 is 0.950 bits per heavy atom. The topological polar surface area (TPSA) is 63.6 Å². The van der Waals surface area contributed by atoms with Crippen molar-refractivity contribution in [3.8, 4) is 0 Å². The number of ketones is 1. The van der Waals surface area contributed by atoms with E-state index in [4.69, 9.17) is 9.84 Å². The van der Waals surface area contributed by atoms with Crippen LogP contribution in [0.3, 0.4) is 0 Å². The second-order valence-electron chi connectivity index (χ2n) is 4.73. The van der Waals surface area contributed by atoms with Crippen molar-refractivity contribution in [1.82, 2.24) is 0 Å². The van der Waals surface area contributed by atoms with Crippen molar-refractivity contribution >= 4 is 11.8 Å². The number of benzene rings is 1. The van der Waals surface area contributed by atoms with Gasteiger partial charge in [0.05, 0.1) is 0 Å². The summed E-state index contributed by atoms with van der Waals surface area (Å²) in [6.07, 6.45) is 4.58. The molecule has 0 heterocycles. The predicted molar refractivity (Wildman–Crippen MR) is 76.0 cm³/mol. The molecular formula is C16H22O4. The summed E-state index contributed by atoms with van der Waals surface area (Å²) in [6, 6.07) is 9.29. The van der Waals surface area contributed by atoms with E-state index in [1.54, 1.807) is 0 Å². The number of hydrogen-bond acceptors (Lipinski definition) is 4. The Kier molecular flexibility index (Phi) is 8.31. The number of ether oxygens (including phenoxy) is 1. The van der Waals surface area contributed by atoms with Gasteiger partial charge < -0.3 is 9.84 Å². The predicted octanol–water partition coefficient (Wildman–Crippen LogP) is 2.63. The zero-order valence-electron chi connectivity index (χ0n) is 11.7. The average Bonchev–Trinajstić information content (AvgIpc) is 2.49. The summed E-state index contributed by atoms with van der Waals surface area (Å²) in [5.74, 6) is -1.20. The normalized spacial score (nSPS) is 10.2. The molecule has 1 N–H and O–H groups in total. The van der Waals surface area contributed by atoms with Crippen LogP contribution in [-0.4, -0.2) is 23.5 Å². The van der Waals surface area contributed by atoms with E-state index in [9.17, 15) is 9.59 Å². The fourth-order valence-electron chi connectivity index (χ4n) is 1.83. The van der Waals surface area contributed by atoms with Gasteiger partial charge in [-0.3, -0.25) is 4.79 Å². The highest BCUT2D eigenvalue weighted by Crippen LogP contribution is 2.07. The molecule has 1 aromatic rings. The largest absolute Gasteiger partial charge is 0.455 e. The molecule has 0 bridgehead atoms. The maximum atomic E-state index is 11.5. The van der Waals surface area contributed by atoms with Crippen LogP contribution in [0.4, 0.5) is 0 Å². The van der Waals surface area contributed by atoms with E-state index < -0.39 is 11.8 Å². The summed E-state index contributed by atoms with van der Waals surface area (Å²) in [4.78, 5) is 23.0. The van der Waals surface area contributed by atoms with Crippen LogP contribution in [0.25, 0.3) is 0 Å². The maximum Gasteiger partial charge on any atom is 0.374 e. The van der Waals surface area contributed by atoms with Crippen LogP contribution in [0.2, 0.25) is 0 Å². The fourth-order valence-corrected chi connectivity index (χ4v) is 1.83. The van der Waals surface area contributed by atoms with Crippen molar-refractivity contribution in [2.24, 2.45) is 0 Å². The number of carbonyl (C=O) groups excluding carboxylic acids is 2. The van der Waals surface area contributed by atoms with Gasteiger partial charge in [0.2, 0.25) is 5.78 Å². The maximum absolute atomic E-state index is 11.5. The van der Waals surface area contributed by atoms with Gasteiger partial charge in [0.25, 0.3) is 0 Å². The Hall–Kier alpha value is -1.68. The standard InChI is InChI=1S/C16H22O4/c17-12-8-3-1-2-7-11-15(18)16(19)20-13-14-9-5-4-6-10-14/h4-6,9-10,17H,1-3,7-8,11-13H2. The van der Waals surface area contributed by atoms with Crippen molar-refractivity contribution in [3.05, 3.63) is 35.9 Å². The van der Waals surface area contributed by atoms with Gasteiger partial charge in [-0.05, 0) is 18.4 Å². The number of unbranched alkanes of at least 4 members (excludes halogenated alkanes) is 4. The number of hydrogen-bond donors (Lipinski definition) is 1. The monoisotopic (exact) mass is 278 g/mol. The van der Waals surface area contributed by atoms with Gasteiger partial charge in [0.1, 0.15) is 6.61 Å². The minimum atomic E-state index is -0.746. The minimum Gasteiger partial charge on any atom is -0.455 e. The average molecular weight is 278 g/mol. The summed E-state index contributed by atoms with van der Waals surface area (Å²) in [6.45, 7) is 0.354. The van der Waals surface area contributed by atoms with E-state index in [0.29, 0.717) is 6.42 Å². The first-order chi connectivity index (χ1) is 9.74. The number of esters is 1. The van der Waals surface area contributed by atoms with Crippen LogP contribution < -0.4 is 0 Å². The molecule has 0 aliphatic carbocycles. The number of aliphatic hydroxyl groups excluding tert-OH is 1. The molecule has 20 heavy (non-hydrogen) atoms. The molecule has 0 spiro atoms. The van der Waals surface area contributed by atoms with Gasteiger partial charge in [0, 0.05) is 13.0 Å². The highest BCUT2D eigenvalue weighted by atomic mass is 16.5. The third-order valence-electron chi connectivity index (χ3n) is 3.00. The van der Waals surface area contributed by atoms with E-state index in [2.05, 4.69) is 0 Å². The molecule has 0 saturated carbocycles. The van der Waals surface area contributed by atoms with Gasteiger partial charge in [-0.2, -0.15) is 0 Å². The van der Waals surface area contributed by atoms with E-state index >= 15 is 0 Å². The van der Waals surface area contributed by atoms with Crippen molar-refractivity contribution in [2.75, 3.05) is 6.61 Å². The molecule has 4 nitrogen and oxygen atoms in total. The van der Waals surface area contributed by atoms with Gasteiger partial charge in [-0.1, -0.05) is 49.6 Å². The SMILES string of the molecule is O=C(CCCCCCCO)C(=O)OCc1ccccc1. The summed E-state index contributed by atoms with van der Waals surface area (Å²) in [5.41, 5.74) is 0.873. The molecule has 1 aromatic carbocycles. The lowest BCUT2D eigenvalue weighted by molar-refractivity contribution is -0.154. The van der Waals surface area contributed by atoms with Gasteiger partial charge in [-0.25, -0.2) is 4.79 Å². The second kappa shape index (κ2) is 10.1. The van der Waals surface area contributed by atoms with E-state index in [0.717, 1.165) is 31.2 Å². The molecule has 0 aliphatic rings. The van der Waals surface area contributed by atoms with E-state index in [-0.39, 0.29) is 19.6 Å². The molecule has 0 atom stereocenters. The number of carbonyl (C=O) groups is 2. The Bertz CT molecular complexity index is 400. The first kappa shape index (κ1) is 16.4. The first-order valence-corrected chi connectivity index (χ1v) is 7.09. The summed E-state index contributed by atoms with van der Waals surface area (Å²) >= 11 is 0. The molecule has 4 heteroatoms. The van der Waals surface area contributed by atoms with Crippen molar-refractivity contribution < 1.29 is 19.4 Å². The first-order valence-electron chi connectivity index (χ1n) is 7.09. The second-order valence-corrected chi connectivity index (χ2v) is 4.73. The molecule has 0 amide bonds. The number of aliphatic hydroxyl groups is 1. The van der Waals surface area contributed by atoms with Crippen LogP contribution in [0.15, 0.2) is 30.3 Å². The van der Waals surface area contributed by atoms with Crippen molar-refractivity contribution in [3.63, 3.8) is 0 Å². The lowest BCUT2D eigenvalue weighted by Gasteiger charge is -2.04. The summed E-state index contributed by atoms with van der Waals surface area (Å²) in [5, 5.41) is 8.62. The number of rotatable bonds is 10. The Morgan fingerprint density at radius 3 is 2.30 bits per heavy atom. The lowest BCUT2D eigenvalue weighted by atomic mass is 10.1. The van der Waals surface area contributed by atoms with E-state index in [1.807, 2.05) is 30.3 Å². The Balaban J connectivity index is 2.12. The smallest absolute Gasteiger partial charge is 0.374 e. The van der Waals surface area contributed by atoms with Crippen molar-refractivity contribution in [2.45, 2.75) is 45.1 Å². The zero-order chi connectivity index (χ0) is 14.6. The molecule has 0 fully saturated rings. The van der Waals surface area contributed by atoms with Crippen LogP contribution in [0, 0.1) is 0 Å². The van der Waals surface area contributed by atoms with Crippen LogP contribution >= 0.6 is 0 Å². The molecule has 0 aliphatic heterocycles. The highest BCUT2D eigenvalue weighted by molar-refractivity contribution is 6.33. The third kappa shape index (κ3) is 7.04. The van der Waals surface area contributed by atoms with Gasteiger partial charge in [-0.15, -0.1) is 0 Å². The lowest BCUT2D eigenvalue weighted by Crippen LogP contribution is -2.17. The molecule has 0 saturated heterocycles. The van der Waals surface area contributed by atoms with Crippen LogP contribution in [-0.2, 0) is 20.9 Å². The molecule has 0 aromatic heterocycles. The molecule has 0 unspecified atom stereocenters. The molecule has 0 radical (unpaired) electrons. The van der Waals surface area contributed by atoms with Gasteiger partial charge >= 0.3 is 5.97 Å². The Labute approximate surface area is 119 Å². The van der Waals surface area contributed by atoms with Crippen LogP contribution in [0.5, 0.6) is 0 Å². The molecular weight excluding hydrogens is 256 g/mol. The van der Waals surface area contributed by atoms with Gasteiger partial charge in [0.15, 0.2) is 0 Å². The fraction of sp³-hybridized carbons (Fsp3) is 0.500. The summed E-state index contributed by atoms with van der Waals surface area (Å²) in [7, 11) is 0. The number of Topliss-reactive ketones (excluding diaryl/α,β-unsaturated/α-hetero) is 1. The zero-order valence-corrected chi connectivity index (χ0v) is 11.7. The summed E-state index contributed by atoms with van der Waals surface area (Å²) < 4.78 is 4.96. The van der Waals surface area contributed by atoms with Crippen molar-refractivity contribution in [1.29, 1.82) is 0 Å². The van der Waals surface area contributed by atoms with Crippen LogP contribution in [0.1, 0.15) is 44.1 Å². The molecule has 110 valence electrons. The quantitative estimate of drug-likeness (QED) is 0.406. The minimum absolute atomic E-state index is 0.141. The third-order valence-corrected chi connectivity index (χ3v) is 3.00. The highest BCUT2D eigenvalue weighted by Gasteiger charge is 2.14. The van der Waals surface area contributed by atoms with E-state index in [1.165, 1.54) is 0 Å². The Morgan fingerprint density at radius 2 is 1.60 bits per heavy atom.